The van der Waals surface area contributed by atoms with E-state index in [4.69, 9.17) is 0 Å². The molecule has 0 amide bonds. The van der Waals surface area contributed by atoms with Crippen molar-refractivity contribution in [2.24, 2.45) is 0 Å². The monoisotopic (exact) mass is 225 g/mol. The van der Waals surface area contributed by atoms with Gasteiger partial charge in [-0.05, 0) is 23.6 Å². The molecule has 0 aliphatic heterocycles. The molecule has 1 aromatic carbocycles. The molecule has 1 rings (SSSR count). The summed E-state index contributed by atoms with van der Waals surface area (Å²) in [5.74, 6) is 0.386. The van der Waals surface area contributed by atoms with Crippen molar-refractivity contribution >= 4 is 23.0 Å². The summed E-state index contributed by atoms with van der Waals surface area (Å²) in [5, 5.41) is 0. The molecule has 0 bridgehead atoms. The molecule has 82 valence electrons. The fourth-order valence-corrected chi connectivity index (χ4v) is 1.77. The highest BCUT2D eigenvalue weighted by molar-refractivity contribution is 7.85. The SMILES string of the molecule is CC(C)c1ccc(C=O)c(NS(C)=O)c1. The number of carbonyl (C=O) groups excluding carboxylic acids is 1. The van der Waals surface area contributed by atoms with Gasteiger partial charge in [0.15, 0.2) is 6.29 Å². The van der Waals surface area contributed by atoms with Crippen LogP contribution in [0.25, 0.3) is 0 Å². The van der Waals surface area contributed by atoms with Gasteiger partial charge in [-0.15, -0.1) is 0 Å². The van der Waals surface area contributed by atoms with E-state index in [9.17, 15) is 9.00 Å². The summed E-state index contributed by atoms with van der Waals surface area (Å²) in [4.78, 5) is 10.8. The topological polar surface area (TPSA) is 46.2 Å². The Morgan fingerprint density at radius 2 is 2.07 bits per heavy atom. The molecule has 1 N–H and O–H groups in total. The van der Waals surface area contributed by atoms with Gasteiger partial charge in [0.05, 0.1) is 5.69 Å². The molecule has 0 saturated carbocycles. The van der Waals surface area contributed by atoms with Gasteiger partial charge >= 0.3 is 0 Å². The molecule has 0 aromatic heterocycles. The first-order valence-electron chi connectivity index (χ1n) is 4.73. The lowest BCUT2D eigenvalue weighted by molar-refractivity contribution is 0.112. The van der Waals surface area contributed by atoms with Crippen molar-refractivity contribution in [3.63, 3.8) is 0 Å². The Labute approximate surface area is 92.5 Å². The Bertz CT molecular complexity index is 388. The van der Waals surface area contributed by atoms with Gasteiger partial charge in [0, 0.05) is 11.8 Å². The van der Waals surface area contributed by atoms with E-state index >= 15 is 0 Å². The molecular weight excluding hydrogens is 210 g/mol. The largest absolute Gasteiger partial charge is 0.305 e. The van der Waals surface area contributed by atoms with E-state index in [0.29, 0.717) is 17.2 Å². The third kappa shape index (κ3) is 3.16. The van der Waals surface area contributed by atoms with Crippen LogP contribution in [0.1, 0.15) is 35.7 Å². The fraction of sp³-hybridized carbons (Fsp3) is 0.364. The Morgan fingerprint density at radius 1 is 1.40 bits per heavy atom. The molecule has 15 heavy (non-hydrogen) atoms. The summed E-state index contributed by atoms with van der Waals surface area (Å²) >= 11 is 0. The lowest BCUT2D eigenvalue weighted by atomic mass is 10.0. The van der Waals surface area contributed by atoms with Crippen molar-refractivity contribution in [1.29, 1.82) is 0 Å². The van der Waals surface area contributed by atoms with E-state index in [1.807, 2.05) is 12.1 Å². The molecule has 1 atom stereocenters. The van der Waals surface area contributed by atoms with Crippen molar-refractivity contribution in [3.05, 3.63) is 29.3 Å². The number of nitrogens with one attached hydrogen (secondary N) is 1. The molecule has 0 spiro atoms. The summed E-state index contributed by atoms with van der Waals surface area (Å²) < 4.78 is 13.8. The lowest BCUT2D eigenvalue weighted by Crippen LogP contribution is -2.05. The quantitative estimate of drug-likeness (QED) is 0.799. The summed E-state index contributed by atoms with van der Waals surface area (Å²) in [5.41, 5.74) is 2.29. The minimum absolute atomic E-state index is 0.386. The normalized spacial score (nSPS) is 12.5. The van der Waals surface area contributed by atoms with Gasteiger partial charge in [0.2, 0.25) is 0 Å². The highest BCUT2D eigenvalue weighted by atomic mass is 32.2. The number of hydrogen-bond acceptors (Lipinski definition) is 2. The molecule has 0 fully saturated rings. The van der Waals surface area contributed by atoms with Crippen molar-refractivity contribution in [3.8, 4) is 0 Å². The van der Waals surface area contributed by atoms with Crippen LogP contribution in [0.5, 0.6) is 0 Å². The highest BCUT2D eigenvalue weighted by Crippen LogP contribution is 2.22. The maximum Gasteiger partial charge on any atom is 0.152 e. The molecule has 1 aromatic rings. The third-order valence-electron chi connectivity index (χ3n) is 2.12. The number of anilines is 1. The number of carbonyl (C=O) groups is 1. The standard InChI is InChI=1S/C11H15NO2S/c1-8(2)9-4-5-10(7-13)11(6-9)12-15(3)14/h4-8,12H,1-3H3. The first-order chi connectivity index (χ1) is 7.04. The van der Waals surface area contributed by atoms with E-state index in [0.717, 1.165) is 11.8 Å². The summed E-state index contributed by atoms with van der Waals surface area (Å²) in [6, 6.07) is 5.53. The smallest absolute Gasteiger partial charge is 0.152 e. The number of aldehydes is 1. The highest BCUT2D eigenvalue weighted by Gasteiger charge is 2.06. The first-order valence-corrected chi connectivity index (χ1v) is 6.29. The Hall–Kier alpha value is -1.16. The summed E-state index contributed by atoms with van der Waals surface area (Å²) in [6.45, 7) is 4.14. The van der Waals surface area contributed by atoms with Gasteiger partial charge in [-0.1, -0.05) is 19.9 Å². The molecule has 4 heteroatoms. The number of rotatable bonds is 4. The third-order valence-corrected chi connectivity index (χ3v) is 2.63. The molecule has 0 aliphatic rings. The van der Waals surface area contributed by atoms with Crippen LogP contribution >= 0.6 is 0 Å². The Balaban J connectivity index is 3.12. The van der Waals surface area contributed by atoms with Crippen LogP contribution in [-0.4, -0.2) is 16.8 Å². The van der Waals surface area contributed by atoms with Gasteiger partial charge in [-0.2, -0.15) is 0 Å². The van der Waals surface area contributed by atoms with Gasteiger partial charge in [0.1, 0.15) is 11.0 Å². The second kappa shape index (κ2) is 5.07. The molecule has 0 radical (unpaired) electrons. The Morgan fingerprint density at radius 3 is 2.53 bits per heavy atom. The van der Waals surface area contributed by atoms with Crippen molar-refractivity contribution in [2.45, 2.75) is 19.8 Å². The number of benzene rings is 1. The van der Waals surface area contributed by atoms with E-state index in [2.05, 4.69) is 18.6 Å². The summed E-state index contributed by atoms with van der Waals surface area (Å²) in [7, 11) is -1.16. The van der Waals surface area contributed by atoms with Crippen LogP contribution in [0.2, 0.25) is 0 Å². The van der Waals surface area contributed by atoms with Crippen LogP contribution in [0.4, 0.5) is 5.69 Å². The van der Waals surface area contributed by atoms with Crippen LogP contribution in [0, 0.1) is 0 Å². The van der Waals surface area contributed by atoms with Crippen LogP contribution < -0.4 is 4.72 Å². The van der Waals surface area contributed by atoms with Crippen LogP contribution in [0.3, 0.4) is 0 Å². The van der Waals surface area contributed by atoms with Crippen LogP contribution in [-0.2, 0) is 11.0 Å². The molecular formula is C11H15NO2S. The maximum absolute atomic E-state index is 11.0. The second-order valence-corrected chi connectivity index (χ2v) is 4.79. The molecule has 0 heterocycles. The van der Waals surface area contributed by atoms with E-state index < -0.39 is 11.0 Å². The average Bonchev–Trinajstić information content (AvgIpc) is 2.16. The first kappa shape index (κ1) is 11.9. The Kier molecular flexibility index (Phi) is 4.03. The van der Waals surface area contributed by atoms with Gasteiger partial charge in [-0.3, -0.25) is 4.79 Å². The fourth-order valence-electron chi connectivity index (χ4n) is 1.28. The summed E-state index contributed by atoms with van der Waals surface area (Å²) in [6.07, 6.45) is 2.30. The zero-order valence-electron chi connectivity index (χ0n) is 9.11. The van der Waals surface area contributed by atoms with E-state index in [-0.39, 0.29) is 0 Å². The molecule has 1 unspecified atom stereocenters. The zero-order chi connectivity index (χ0) is 11.4. The van der Waals surface area contributed by atoms with Gasteiger partial charge in [-0.25, -0.2) is 4.21 Å². The minimum Gasteiger partial charge on any atom is -0.305 e. The molecule has 3 nitrogen and oxygen atoms in total. The van der Waals surface area contributed by atoms with Crippen LogP contribution in [0.15, 0.2) is 18.2 Å². The van der Waals surface area contributed by atoms with Gasteiger partial charge in [0.25, 0.3) is 0 Å². The minimum atomic E-state index is -1.16. The predicted octanol–water partition coefficient (Wildman–Crippen LogP) is 2.33. The number of hydrogen-bond donors (Lipinski definition) is 1. The molecule has 0 saturated heterocycles. The van der Waals surface area contributed by atoms with E-state index in [1.165, 1.54) is 6.26 Å². The van der Waals surface area contributed by atoms with Crippen molar-refractivity contribution in [1.82, 2.24) is 0 Å². The predicted molar refractivity (Wildman–Crippen MR) is 63.6 cm³/mol. The van der Waals surface area contributed by atoms with Crippen molar-refractivity contribution < 1.29 is 9.00 Å². The second-order valence-electron chi connectivity index (χ2n) is 3.68. The maximum atomic E-state index is 11.0. The van der Waals surface area contributed by atoms with Crippen molar-refractivity contribution in [2.75, 3.05) is 11.0 Å². The zero-order valence-corrected chi connectivity index (χ0v) is 9.93. The lowest BCUT2D eigenvalue weighted by Gasteiger charge is -2.10. The molecule has 0 aliphatic carbocycles. The van der Waals surface area contributed by atoms with E-state index in [1.54, 1.807) is 6.07 Å². The van der Waals surface area contributed by atoms with Gasteiger partial charge < -0.3 is 4.72 Å². The average molecular weight is 225 g/mol.